The first kappa shape index (κ1) is 19.4. The number of fused-ring (bicyclic) bond motifs is 1. The van der Waals surface area contributed by atoms with Crippen LogP contribution in [0, 0.1) is 0 Å². The van der Waals surface area contributed by atoms with Gasteiger partial charge in [-0.15, -0.1) is 0 Å². The van der Waals surface area contributed by atoms with Gasteiger partial charge in [0.2, 0.25) is 0 Å². The summed E-state index contributed by atoms with van der Waals surface area (Å²) in [6.45, 7) is -0.203. The molecule has 0 fully saturated rings. The van der Waals surface area contributed by atoms with Crippen LogP contribution in [0.1, 0.15) is 5.56 Å². The molecule has 0 amide bonds. The van der Waals surface area contributed by atoms with E-state index < -0.39 is 20.0 Å². The molecule has 0 saturated heterocycles. The van der Waals surface area contributed by atoms with Gasteiger partial charge in [-0.3, -0.25) is 4.57 Å². The van der Waals surface area contributed by atoms with Gasteiger partial charge in [-0.2, -0.15) is 0 Å². The molecule has 0 aliphatic rings. The number of ether oxygens (including phenoxy) is 1. The highest BCUT2D eigenvalue weighted by Crippen LogP contribution is 2.43. The molecular weight excluding hydrogens is 373 g/mol. The number of aromatic nitrogens is 4. The lowest BCUT2D eigenvalue weighted by molar-refractivity contribution is 0.0177. The third-order valence-corrected chi connectivity index (χ3v) is 4.79. The number of hydrogen-bond donors (Lipinski definition) is 3. The van der Waals surface area contributed by atoms with E-state index in [2.05, 4.69) is 15.0 Å². The second-order valence-electron chi connectivity index (χ2n) is 5.82. The van der Waals surface area contributed by atoms with E-state index >= 15 is 0 Å². The molecule has 0 aliphatic carbocycles. The molecule has 144 valence electrons. The van der Waals surface area contributed by atoms with E-state index in [0.29, 0.717) is 11.2 Å². The Bertz CT molecular complexity index is 935. The lowest BCUT2D eigenvalue weighted by Crippen LogP contribution is -2.24. The number of nitrogens with zero attached hydrogens (tertiary/aromatic N) is 4. The summed E-state index contributed by atoms with van der Waals surface area (Å²) in [6.07, 6.45) is 1.50. The minimum Gasteiger partial charge on any atom is -0.394 e. The van der Waals surface area contributed by atoms with Gasteiger partial charge < -0.3 is 29.6 Å². The maximum Gasteiger partial charge on any atom is 0.353 e. The third-order valence-electron chi connectivity index (χ3n) is 3.78. The van der Waals surface area contributed by atoms with Crippen LogP contribution in [0.4, 0.5) is 5.82 Å². The zero-order valence-electron chi connectivity index (χ0n) is 14.4. The summed E-state index contributed by atoms with van der Waals surface area (Å²) in [4.78, 5) is 22.0. The van der Waals surface area contributed by atoms with Crippen LogP contribution in [-0.2, 0) is 27.0 Å². The fourth-order valence-electron chi connectivity index (χ4n) is 2.40. The maximum absolute atomic E-state index is 12.1. The fourth-order valence-corrected chi connectivity index (χ4v) is 3.23. The molecule has 2 unspecified atom stereocenters. The van der Waals surface area contributed by atoms with Gasteiger partial charge in [-0.05, 0) is 5.56 Å². The first-order chi connectivity index (χ1) is 13.0. The predicted molar refractivity (Wildman–Crippen MR) is 97.6 cm³/mol. The van der Waals surface area contributed by atoms with E-state index in [1.54, 1.807) is 16.7 Å². The third kappa shape index (κ3) is 5.09. The van der Waals surface area contributed by atoms with Crippen molar-refractivity contribution in [3.05, 3.63) is 48.5 Å². The van der Waals surface area contributed by atoms with Crippen LogP contribution in [0.3, 0.4) is 0 Å². The number of imidazole rings is 1. The van der Waals surface area contributed by atoms with Crippen LogP contribution >= 0.6 is 7.60 Å². The summed E-state index contributed by atoms with van der Waals surface area (Å²) in [5.74, 6) is 0.245. The first-order valence-corrected chi connectivity index (χ1v) is 9.89. The number of anilines is 1. The average Bonchev–Trinajstić information content (AvgIpc) is 3.09. The van der Waals surface area contributed by atoms with Gasteiger partial charge >= 0.3 is 7.60 Å². The second kappa shape index (κ2) is 8.55. The molecule has 2 atom stereocenters. The minimum atomic E-state index is -3.97. The number of benzene rings is 1. The summed E-state index contributed by atoms with van der Waals surface area (Å²) in [5.41, 5.74) is 7.43. The molecule has 0 bridgehead atoms. The Morgan fingerprint density at radius 1 is 1.22 bits per heavy atom. The highest BCUT2D eigenvalue weighted by atomic mass is 31.2. The molecule has 0 spiro atoms. The smallest absolute Gasteiger partial charge is 0.353 e. The molecule has 3 rings (SSSR count). The van der Waals surface area contributed by atoms with Crippen LogP contribution < -0.4 is 5.73 Å². The van der Waals surface area contributed by atoms with Gasteiger partial charge in [0.1, 0.15) is 18.2 Å². The standard InChI is InChI=1S/C16H20N5O5P/c17-15-14-16(19-9-18-15)21(10-20-14)6-13(7-22)25-11-27(23,24)26-8-12-4-2-1-3-5-12/h1-5,9-10,13,22H,6-8,11H2,(H,23,24)(H2,17,18,19). The Morgan fingerprint density at radius 2 is 2.00 bits per heavy atom. The Labute approximate surface area is 155 Å². The molecule has 0 radical (unpaired) electrons. The predicted octanol–water partition coefficient (Wildman–Crippen LogP) is 1.15. The van der Waals surface area contributed by atoms with E-state index in [4.69, 9.17) is 15.0 Å². The molecule has 11 heteroatoms. The molecule has 0 aliphatic heterocycles. The lowest BCUT2D eigenvalue weighted by Gasteiger charge is -2.19. The Balaban J connectivity index is 1.58. The molecule has 4 N–H and O–H groups in total. The van der Waals surface area contributed by atoms with Crippen LogP contribution in [-0.4, -0.2) is 48.6 Å². The molecule has 1 aromatic carbocycles. The number of rotatable bonds is 9. The highest BCUT2D eigenvalue weighted by molar-refractivity contribution is 7.52. The monoisotopic (exact) mass is 393 g/mol. The summed E-state index contributed by atoms with van der Waals surface area (Å²) in [7, 11) is -3.97. The van der Waals surface area contributed by atoms with Crippen molar-refractivity contribution in [2.45, 2.75) is 19.3 Å². The van der Waals surface area contributed by atoms with Crippen molar-refractivity contribution in [1.29, 1.82) is 0 Å². The van der Waals surface area contributed by atoms with E-state index in [0.717, 1.165) is 5.56 Å². The van der Waals surface area contributed by atoms with Gasteiger partial charge in [0, 0.05) is 0 Å². The van der Waals surface area contributed by atoms with Gasteiger partial charge in [0.25, 0.3) is 0 Å². The minimum absolute atomic E-state index is 0.00980. The summed E-state index contributed by atoms with van der Waals surface area (Å²) >= 11 is 0. The quantitative estimate of drug-likeness (QED) is 0.456. The van der Waals surface area contributed by atoms with Crippen molar-refractivity contribution in [1.82, 2.24) is 19.5 Å². The number of nitrogens with two attached hydrogens (primary N) is 1. The van der Waals surface area contributed by atoms with Crippen molar-refractivity contribution in [3.63, 3.8) is 0 Å². The first-order valence-electron chi connectivity index (χ1n) is 8.12. The van der Waals surface area contributed by atoms with Crippen LogP contribution in [0.5, 0.6) is 0 Å². The lowest BCUT2D eigenvalue weighted by atomic mass is 10.2. The largest absolute Gasteiger partial charge is 0.394 e. The topological polar surface area (TPSA) is 146 Å². The van der Waals surface area contributed by atoms with Crippen molar-refractivity contribution < 1.29 is 23.8 Å². The summed E-state index contributed by atoms with van der Waals surface area (Å²) in [5, 5.41) is 9.53. The van der Waals surface area contributed by atoms with Crippen LogP contribution in [0.2, 0.25) is 0 Å². The van der Waals surface area contributed by atoms with E-state index in [1.807, 2.05) is 18.2 Å². The Kier molecular flexibility index (Phi) is 6.15. The van der Waals surface area contributed by atoms with Crippen molar-refractivity contribution >= 4 is 24.6 Å². The SMILES string of the molecule is Nc1ncnc2c1ncn2CC(CO)OCP(=O)(O)OCc1ccccc1. The zero-order valence-corrected chi connectivity index (χ0v) is 15.3. The van der Waals surface area contributed by atoms with Crippen molar-refractivity contribution in [2.24, 2.45) is 0 Å². The molecule has 2 heterocycles. The van der Waals surface area contributed by atoms with Gasteiger partial charge in [-0.1, -0.05) is 30.3 Å². The summed E-state index contributed by atoms with van der Waals surface area (Å²) < 4.78 is 24.2. The Hall–Kier alpha value is -2.36. The summed E-state index contributed by atoms with van der Waals surface area (Å²) in [6, 6.07) is 9.04. The molecule has 2 aromatic heterocycles. The van der Waals surface area contributed by atoms with E-state index in [9.17, 15) is 14.6 Å². The highest BCUT2D eigenvalue weighted by Gasteiger charge is 2.23. The molecule has 10 nitrogen and oxygen atoms in total. The van der Waals surface area contributed by atoms with Crippen LogP contribution in [0.25, 0.3) is 11.2 Å². The molecule has 0 saturated carbocycles. The molecule has 27 heavy (non-hydrogen) atoms. The zero-order chi connectivity index (χ0) is 19.3. The fraction of sp³-hybridized carbons (Fsp3) is 0.312. The van der Waals surface area contributed by atoms with Crippen LogP contribution in [0.15, 0.2) is 43.0 Å². The van der Waals surface area contributed by atoms with Crippen molar-refractivity contribution in [3.8, 4) is 0 Å². The number of aliphatic hydroxyl groups is 1. The molecule has 3 aromatic rings. The van der Waals surface area contributed by atoms with Gasteiger partial charge in [0.15, 0.2) is 11.5 Å². The van der Waals surface area contributed by atoms with E-state index in [-0.39, 0.29) is 25.6 Å². The second-order valence-corrected chi connectivity index (χ2v) is 7.62. The number of nitrogen functional groups attached to an aromatic ring is 1. The number of hydrogen-bond acceptors (Lipinski definition) is 8. The normalized spacial score (nSPS) is 14.9. The number of aliphatic hydroxyl groups excluding tert-OH is 1. The molecular formula is C16H20N5O5P. The van der Waals surface area contributed by atoms with Gasteiger partial charge in [0.05, 0.1) is 32.2 Å². The maximum atomic E-state index is 12.1. The van der Waals surface area contributed by atoms with Crippen molar-refractivity contribution in [2.75, 3.05) is 18.7 Å². The average molecular weight is 393 g/mol. The Morgan fingerprint density at radius 3 is 2.74 bits per heavy atom. The van der Waals surface area contributed by atoms with E-state index in [1.165, 1.54) is 12.7 Å². The van der Waals surface area contributed by atoms with Gasteiger partial charge in [-0.25, -0.2) is 15.0 Å².